The van der Waals surface area contributed by atoms with Gasteiger partial charge in [0.15, 0.2) is 0 Å². The van der Waals surface area contributed by atoms with Crippen molar-refractivity contribution in [2.75, 3.05) is 0 Å². The van der Waals surface area contributed by atoms with Gasteiger partial charge in [-0.1, -0.05) is 57.5 Å². The minimum Gasteiger partial charge on any atom is -0.256 e. The summed E-state index contributed by atoms with van der Waals surface area (Å²) in [6.45, 7) is 10.9. The average molecular weight is 304 g/mol. The molecular formula is C22H25N. The highest BCUT2D eigenvalue weighted by atomic mass is 14.7. The fourth-order valence-corrected chi connectivity index (χ4v) is 3.00. The van der Waals surface area contributed by atoms with Gasteiger partial charge in [0.1, 0.15) is 0 Å². The fourth-order valence-electron chi connectivity index (χ4n) is 3.00. The molecule has 2 aromatic carbocycles. The molecule has 3 rings (SSSR count). The smallest absolute Gasteiger partial charge is 0.0840 e. The molecule has 0 aliphatic heterocycles. The van der Waals surface area contributed by atoms with Gasteiger partial charge in [0.05, 0.1) is 7.06 Å². The third kappa shape index (κ3) is 3.14. The van der Waals surface area contributed by atoms with Crippen LogP contribution in [0.5, 0.6) is 0 Å². The monoisotopic (exact) mass is 304 g/mol. The number of benzene rings is 2. The van der Waals surface area contributed by atoms with E-state index in [1.54, 1.807) is 0 Å². The summed E-state index contributed by atoms with van der Waals surface area (Å²) in [6.07, 6.45) is 0.325. The molecule has 1 nitrogen and oxygen atoms in total. The maximum atomic E-state index is 8.13. The lowest BCUT2D eigenvalue weighted by atomic mass is 9.94. The van der Waals surface area contributed by atoms with Crippen molar-refractivity contribution in [2.45, 2.75) is 46.5 Å². The molecule has 1 aromatic heterocycles. The van der Waals surface area contributed by atoms with E-state index in [1.165, 1.54) is 16.7 Å². The van der Waals surface area contributed by atoms with Crippen molar-refractivity contribution < 1.29 is 1.37 Å². The van der Waals surface area contributed by atoms with E-state index in [4.69, 9.17) is 1.37 Å². The second kappa shape index (κ2) is 6.16. The molecule has 0 fully saturated rings. The Kier molecular flexibility index (Phi) is 3.87. The van der Waals surface area contributed by atoms with Gasteiger partial charge in [-0.2, -0.15) is 0 Å². The molecule has 23 heavy (non-hydrogen) atoms. The number of pyridine rings is 1. The molecule has 0 unspecified atom stereocenters. The Morgan fingerprint density at radius 2 is 1.61 bits per heavy atom. The summed E-state index contributed by atoms with van der Waals surface area (Å²) in [6, 6.07) is 15.0. The molecule has 0 spiro atoms. The normalized spacial score (nSPS) is 12.2. The molecule has 0 saturated carbocycles. The highest BCUT2D eigenvalue weighted by Crippen LogP contribution is 2.31. The molecule has 118 valence electrons. The van der Waals surface area contributed by atoms with E-state index in [2.05, 4.69) is 76.0 Å². The second-order valence-electron chi connectivity index (χ2n) is 7.02. The van der Waals surface area contributed by atoms with Crippen molar-refractivity contribution in [3.63, 3.8) is 0 Å². The number of aromatic nitrogens is 1. The number of nitrogens with zero attached hydrogens (tertiary/aromatic N) is 1. The Labute approximate surface area is 140 Å². The standard InChI is InChI=1S/C22H25N/c1-14(2)17-6-7-21-18(12-17)8-9-23-22(21)20-11-16(5)10-19(13-20)15(3)4/h6-15H,1-5H3/i9D. The van der Waals surface area contributed by atoms with Gasteiger partial charge in [-0.25, -0.2) is 0 Å². The maximum absolute atomic E-state index is 8.13. The van der Waals surface area contributed by atoms with Crippen LogP contribution >= 0.6 is 0 Å². The first kappa shape index (κ1) is 14.4. The van der Waals surface area contributed by atoms with Crippen molar-refractivity contribution in [1.82, 2.24) is 4.98 Å². The lowest BCUT2D eigenvalue weighted by Crippen LogP contribution is -1.93. The van der Waals surface area contributed by atoms with Crippen LogP contribution in [0.2, 0.25) is 0 Å². The summed E-state index contributed by atoms with van der Waals surface area (Å²) >= 11 is 0. The van der Waals surface area contributed by atoms with Gasteiger partial charge in [-0.3, -0.25) is 4.98 Å². The number of rotatable bonds is 3. The molecular weight excluding hydrogens is 278 g/mol. The van der Waals surface area contributed by atoms with Crippen LogP contribution in [0, 0.1) is 6.92 Å². The zero-order valence-corrected chi connectivity index (χ0v) is 14.6. The molecule has 0 bridgehead atoms. The molecule has 0 N–H and O–H groups in total. The van der Waals surface area contributed by atoms with Gasteiger partial charge in [-0.05, 0) is 53.5 Å². The summed E-state index contributed by atoms with van der Waals surface area (Å²) in [4.78, 5) is 4.55. The first-order chi connectivity index (χ1) is 11.3. The number of aryl methyl sites for hydroxylation is 1. The number of hydrogen-bond donors (Lipinski definition) is 0. The Hall–Kier alpha value is -2.15. The van der Waals surface area contributed by atoms with E-state index in [-0.39, 0.29) is 0 Å². The van der Waals surface area contributed by atoms with Crippen LogP contribution in [-0.2, 0) is 0 Å². The third-order valence-corrected chi connectivity index (χ3v) is 4.43. The molecule has 0 aliphatic rings. The van der Waals surface area contributed by atoms with E-state index >= 15 is 0 Å². The summed E-state index contributed by atoms with van der Waals surface area (Å²) in [5.41, 5.74) is 5.87. The van der Waals surface area contributed by atoms with Gasteiger partial charge in [0, 0.05) is 17.1 Å². The average Bonchev–Trinajstić information content (AvgIpc) is 2.52. The molecule has 1 heterocycles. The van der Waals surface area contributed by atoms with Crippen LogP contribution in [0.4, 0.5) is 0 Å². The first-order valence-corrected chi connectivity index (χ1v) is 8.38. The largest absolute Gasteiger partial charge is 0.256 e. The quantitative estimate of drug-likeness (QED) is 0.541. The van der Waals surface area contributed by atoms with E-state index in [9.17, 15) is 0 Å². The van der Waals surface area contributed by atoms with E-state index < -0.39 is 0 Å². The predicted octanol–water partition coefficient (Wildman–Crippen LogP) is 6.46. The topological polar surface area (TPSA) is 12.9 Å². The van der Waals surface area contributed by atoms with Crippen LogP contribution in [0.3, 0.4) is 0 Å². The lowest BCUT2D eigenvalue weighted by Gasteiger charge is -2.13. The minimum absolute atomic E-state index is 0.325. The minimum atomic E-state index is 0.325. The van der Waals surface area contributed by atoms with Crippen molar-refractivity contribution in [3.8, 4) is 11.3 Å². The molecule has 0 atom stereocenters. The Bertz CT molecular complexity index is 894. The van der Waals surface area contributed by atoms with Gasteiger partial charge >= 0.3 is 0 Å². The van der Waals surface area contributed by atoms with Gasteiger partial charge in [0.25, 0.3) is 0 Å². The van der Waals surface area contributed by atoms with Crippen molar-refractivity contribution >= 4 is 10.8 Å². The molecule has 0 saturated heterocycles. The van der Waals surface area contributed by atoms with Crippen molar-refractivity contribution in [3.05, 3.63) is 65.3 Å². The number of hydrogen-bond acceptors (Lipinski definition) is 1. The van der Waals surface area contributed by atoms with Crippen LogP contribution in [-0.4, -0.2) is 4.98 Å². The van der Waals surface area contributed by atoms with Crippen LogP contribution in [0.25, 0.3) is 22.0 Å². The highest BCUT2D eigenvalue weighted by molar-refractivity contribution is 5.95. The van der Waals surface area contributed by atoms with Gasteiger partial charge < -0.3 is 0 Å². The number of fused-ring (bicyclic) bond motifs is 1. The summed E-state index contributed by atoms with van der Waals surface area (Å²) in [5.74, 6) is 0.952. The summed E-state index contributed by atoms with van der Waals surface area (Å²) < 4.78 is 8.13. The first-order valence-electron chi connectivity index (χ1n) is 8.88. The van der Waals surface area contributed by atoms with Crippen LogP contribution in [0.15, 0.2) is 48.6 Å². The highest BCUT2D eigenvalue weighted by Gasteiger charge is 2.10. The Balaban J connectivity index is 2.26. The van der Waals surface area contributed by atoms with Gasteiger partial charge in [-0.15, -0.1) is 0 Å². The third-order valence-electron chi connectivity index (χ3n) is 4.43. The fraction of sp³-hybridized carbons (Fsp3) is 0.318. The summed E-state index contributed by atoms with van der Waals surface area (Å²) in [5, 5.41) is 2.22. The SMILES string of the molecule is [2H]c1cc2cc(C(C)C)ccc2c(-c2cc(C)cc(C(C)C)c2)n1. The predicted molar refractivity (Wildman–Crippen MR) is 100 cm³/mol. The van der Waals surface area contributed by atoms with Crippen molar-refractivity contribution in [2.24, 2.45) is 0 Å². The van der Waals surface area contributed by atoms with Crippen LogP contribution in [0.1, 0.15) is 57.6 Å². The molecule has 3 aromatic rings. The Morgan fingerprint density at radius 3 is 2.30 bits per heavy atom. The zero-order chi connectivity index (χ0) is 17.4. The van der Waals surface area contributed by atoms with E-state index in [0.29, 0.717) is 18.0 Å². The maximum Gasteiger partial charge on any atom is 0.0840 e. The molecule has 0 radical (unpaired) electrons. The van der Waals surface area contributed by atoms with Gasteiger partial charge in [0.2, 0.25) is 0 Å². The zero-order valence-electron chi connectivity index (χ0n) is 15.6. The second-order valence-corrected chi connectivity index (χ2v) is 7.02. The Morgan fingerprint density at radius 1 is 0.870 bits per heavy atom. The van der Waals surface area contributed by atoms with E-state index in [1.807, 2.05) is 6.07 Å². The van der Waals surface area contributed by atoms with Crippen molar-refractivity contribution in [1.29, 1.82) is 0 Å². The summed E-state index contributed by atoms with van der Waals surface area (Å²) in [7, 11) is 0. The lowest BCUT2D eigenvalue weighted by molar-refractivity contribution is 0.865. The molecule has 0 aliphatic carbocycles. The molecule has 0 amide bonds. The molecule has 1 heteroatoms. The van der Waals surface area contributed by atoms with Crippen LogP contribution < -0.4 is 0 Å². The van der Waals surface area contributed by atoms with E-state index in [0.717, 1.165) is 22.0 Å².